The molecule has 2 aromatic rings. The van der Waals surface area contributed by atoms with Gasteiger partial charge in [0.1, 0.15) is 0 Å². The van der Waals surface area contributed by atoms with Crippen molar-refractivity contribution in [1.82, 2.24) is 0 Å². The van der Waals surface area contributed by atoms with Crippen LogP contribution in [0.1, 0.15) is 28.4 Å². The number of hydrogen-bond donors (Lipinski definition) is 1. The average Bonchev–Trinajstić information content (AvgIpc) is 2.36. The van der Waals surface area contributed by atoms with Crippen molar-refractivity contribution in [3.63, 3.8) is 0 Å². The summed E-state index contributed by atoms with van der Waals surface area (Å²) in [6.07, 6.45) is 1.05. The fraction of sp³-hybridized carbons (Fsp3) is 0.294. The minimum atomic E-state index is -3.20. The maximum atomic E-state index is 11.4. The highest BCUT2D eigenvalue weighted by Gasteiger charge is 2.12. The van der Waals surface area contributed by atoms with Gasteiger partial charge in [-0.15, -0.1) is 0 Å². The summed E-state index contributed by atoms with van der Waals surface area (Å²) in [5.41, 5.74) is 4.14. The van der Waals surface area contributed by atoms with Gasteiger partial charge in [-0.05, 0) is 37.1 Å². The van der Waals surface area contributed by atoms with Crippen molar-refractivity contribution in [2.24, 2.45) is 0 Å². The van der Waals surface area contributed by atoms with Crippen LogP contribution in [-0.2, 0) is 16.3 Å². The predicted octanol–water partition coefficient (Wildman–Crippen LogP) is 2.98. The Morgan fingerprint density at radius 3 is 2.00 bits per heavy atom. The first-order valence-corrected chi connectivity index (χ1v) is 8.70. The summed E-state index contributed by atoms with van der Waals surface area (Å²) in [5, 5.41) is 10.3. The van der Waals surface area contributed by atoms with Crippen LogP contribution in [0.4, 0.5) is 0 Å². The molecule has 1 unspecified atom stereocenters. The van der Waals surface area contributed by atoms with E-state index in [1.165, 1.54) is 29.5 Å². The Hall–Kier alpha value is -1.65. The number of aliphatic hydroxyl groups excluding tert-OH is 1. The fourth-order valence-corrected chi connectivity index (χ4v) is 3.10. The van der Waals surface area contributed by atoms with Crippen molar-refractivity contribution in [1.29, 1.82) is 0 Å². The lowest BCUT2D eigenvalue weighted by Crippen LogP contribution is -2.03. The van der Waals surface area contributed by atoms with Gasteiger partial charge < -0.3 is 5.11 Å². The Balaban J connectivity index is 2.18. The van der Waals surface area contributed by atoms with Crippen molar-refractivity contribution in [3.05, 3.63) is 64.7 Å². The average molecular weight is 304 g/mol. The molecule has 0 amide bonds. The second kappa shape index (κ2) is 6.00. The van der Waals surface area contributed by atoms with E-state index in [0.29, 0.717) is 6.42 Å². The third-order valence-corrected chi connectivity index (χ3v) is 4.53. The van der Waals surface area contributed by atoms with Gasteiger partial charge in [-0.25, -0.2) is 8.42 Å². The molecule has 0 saturated carbocycles. The quantitative estimate of drug-likeness (QED) is 0.944. The third kappa shape index (κ3) is 4.16. The zero-order valence-electron chi connectivity index (χ0n) is 12.5. The smallest absolute Gasteiger partial charge is 0.175 e. The van der Waals surface area contributed by atoms with Gasteiger partial charge in [0, 0.05) is 12.7 Å². The summed E-state index contributed by atoms with van der Waals surface area (Å²) < 4.78 is 22.8. The van der Waals surface area contributed by atoms with Crippen LogP contribution in [0.2, 0.25) is 0 Å². The molecule has 2 aromatic carbocycles. The molecule has 0 spiro atoms. The summed E-state index contributed by atoms with van der Waals surface area (Å²) in [7, 11) is -3.20. The second-order valence-electron chi connectivity index (χ2n) is 5.56. The highest BCUT2D eigenvalue weighted by Crippen LogP contribution is 2.21. The van der Waals surface area contributed by atoms with Crippen LogP contribution >= 0.6 is 0 Å². The van der Waals surface area contributed by atoms with Gasteiger partial charge in [-0.1, -0.05) is 41.5 Å². The van der Waals surface area contributed by atoms with Crippen molar-refractivity contribution in [2.75, 3.05) is 6.26 Å². The summed E-state index contributed by atoms with van der Waals surface area (Å²) >= 11 is 0. The van der Waals surface area contributed by atoms with E-state index in [2.05, 4.69) is 18.2 Å². The molecule has 0 radical (unpaired) electrons. The number of aliphatic hydroxyl groups is 1. The maximum Gasteiger partial charge on any atom is 0.175 e. The summed E-state index contributed by atoms with van der Waals surface area (Å²) in [6, 6.07) is 12.6. The molecule has 21 heavy (non-hydrogen) atoms. The van der Waals surface area contributed by atoms with E-state index < -0.39 is 15.9 Å². The molecular weight excluding hydrogens is 284 g/mol. The van der Waals surface area contributed by atoms with E-state index in [1.807, 2.05) is 13.8 Å². The van der Waals surface area contributed by atoms with E-state index >= 15 is 0 Å². The monoisotopic (exact) mass is 304 g/mol. The van der Waals surface area contributed by atoms with Gasteiger partial charge in [-0.3, -0.25) is 0 Å². The summed E-state index contributed by atoms with van der Waals surface area (Å²) in [6.45, 7) is 4.06. The lowest BCUT2D eigenvalue weighted by atomic mass is 9.98. The largest absolute Gasteiger partial charge is 0.388 e. The number of sulfone groups is 1. The lowest BCUT2D eigenvalue weighted by Gasteiger charge is -2.13. The van der Waals surface area contributed by atoms with Gasteiger partial charge in [0.2, 0.25) is 0 Å². The van der Waals surface area contributed by atoms with Gasteiger partial charge in [0.15, 0.2) is 9.84 Å². The summed E-state index contributed by atoms with van der Waals surface area (Å²) in [5.74, 6) is 0. The van der Waals surface area contributed by atoms with Crippen LogP contribution in [0.15, 0.2) is 47.4 Å². The maximum absolute atomic E-state index is 11.4. The first-order chi connectivity index (χ1) is 9.75. The molecule has 2 rings (SSSR count). The van der Waals surface area contributed by atoms with Crippen LogP contribution < -0.4 is 0 Å². The molecule has 3 nitrogen and oxygen atoms in total. The minimum absolute atomic E-state index is 0.268. The van der Waals surface area contributed by atoms with E-state index in [9.17, 15) is 13.5 Å². The summed E-state index contributed by atoms with van der Waals surface area (Å²) in [4.78, 5) is 0.268. The SMILES string of the molecule is Cc1cc(C)cc(CC(O)c2ccc(S(C)(=O)=O)cc2)c1. The molecule has 0 aromatic heterocycles. The number of benzene rings is 2. The van der Waals surface area contributed by atoms with Crippen LogP contribution in [0.5, 0.6) is 0 Å². The molecule has 0 bridgehead atoms. The van der Waals surface area contributed by atoms with Crippen molar-refractivity contribution in [2.45, 2.75) is 31.3 Å². The van der Waals surface area contributed by atoms with E-state index in [-0.39, 0.29) is 4.90 Å². The fourth-order valence-electron chi connectivity index (χ4n) is 2.47. The predicted molar refractivity (Wildman–Crippen MR) is 84.1 cm³/mol. The van der Waals surface area contributed by atoms with Crippen LogP contribution in [0.3, 0.4) is 0 Å². The zero-order valence-corrected chi connectivity index (χ0v) is 13.3. The van der Waals surface area contributed by atoms with Gasteiger partial charge in [-0.2, -0.15) is 0 Å². The van der Waals surface area contributed by atoms with E-state index in [4.69, 9.17) is 0 Å². The highest BCUT2D eigenvalue weighted by atomic mass is 32.2. The number of rotatable bonds is 4. The molecular formula is C17H20O3S. The molecule has 0 aliphatic rings. The Bertz CT molecular complexity index is 711. The van der Waals surface area contributed by atoms with E-state index in [1.54, 1.807) is 12.1 Å². The molecule has 0 aliphatic carbocycles. The first kappa shape index (κ1) is 15.7. The zero-order chi connectivity index (χ0) is 15.6. The molecule has 0 fully saturated rings. The lowest BCUT2D eigenvalue weighted by molar-refractivity contribution is 0.178. The molecule has 4 heteroatoms. The second-order valence-corrected chi connectivity index (χ2v) is 7.57. The molecule has 0 aliphatic heterocycles. The highest BCUT2D eigenvalue weighted by molar-refractivity contribution is 7.90. The Kier molecular flexibility index (Phi) is 4.49. The third-order valence-electron chi connectivity index (χ3n) is 3.40. The molecule has 112 valence electrons. The van der Waals surface area contributed by atoms with Crippen LogP contribution in [-0.4, -0.2) is 19.8 Å². The van der Waals surface area contributed by atoms with Gasteiger partial charge in [0.05, 0.1) is 11.0 Å². The minimum Gasteiger partial charge on any atom is -0.388 e. The van der Waals surface area contributed by atoms with Gasteiger partial charge in [0.25, 0.3) is 0 Å². The molecule has 0 saturated heterocycles. The molecule has 1 atom stereocenters. The van der Waals surface area contributed by atoms with Crippen LogP contribution in [0, 0.1) is 13.8 Å². The van der Waals surface area contributed by atoms with Crippen molar-refractivity contribution < 1.29 is 13.5 Å². The molecule has 0 heterocycles. The van der Waals surface area contributed by atoms with Crippen LogP contribution in [0.25, 0.3) is 0 Å². The Morgan fingerprint density at radius 2 is 1.52 bits per heavy atom. The van der Waals surface area contributed by atoms with Crippen molar-refractivity contribution in [3.8, 4) is 0 Å². The van der Waals surface area contributed by atoms with E-state index in [0.717, 1.165) is 11.1 Å². The van der Waals surface area contributed by atoms with Crippen molar-refractivity contribution >= 4 is 9.84 Å². The first-order valence-electron chi connectivity index (χ1n) is 6.81. The standard InChI is InChI=1S/C17H20O3S/c1-12-8-13(2)10-14(9-12)11-17(18)15-4-6-16(7-5-15)21(3,19)20/h4-10,17-18H,11H2,1-3H3. The Morgan fingerprint density at radius 1 is 1.00 bits per heavy atom. The topological polar surface area (TPSA) is 54.4 Å². The Labute approximate surface area is 126 Å². The van der Waals surface area contributed by atoms with Gasteiger partial charge >= 0.3 is 0 Å². The number of aryl methyl sites for hydroxylation is 2. The number of hydrogen-bond acceptors (Lipinski definition) is 3. The molecule has 1 N–H and O–H groups in total. The normalized spacial score (nSPS) is 13.1.